The SMILES string of the molecule is CN1CCCC(N2CCC(N)C2=O)C1. The summed E-state index contributed by atoms with van der Waals surface area (Å²) in [7, 11) is 2.12. The molecule has 0 radical (unpaired) electrons. The fourth-order valence-corrected chi connectivity index (χ4v) is 2.48. The second-order valence-corrected chi connectivity index (χ2v) is 4.49. The minimum atomic E-state index is -0.234. The lowest BCUT2D eigenvalue weighted by Gasteiger charge is -2.35. The normalized spacial score (nSPS) is 35.3. The number of hydrogen-bond donors (Lipinski definition) is 1. The largest absolute Gasteiger partial charge is 0.337 e. The van der Waals surface area contributed by atoms with Crippen LogP contribution in [-0.2, 0) is 4.79 Å². The van der Waals surface area contributed by atoms with E-state index in [4.69, 9.17) is 5.73 Å². The van der Waals surface area contributed by atoms with Gasteiger partial charge < -0.3 is 15.5 Å². The Morgan fingerprint density at radius 2 is 2.14 bits per heavy atom. The Labute approximate surface area is 85.0 Å². The Morgan fingerprint density at radius 3 is 2.71 bits per heavy atom. The Balaban J connectivity index is 1.97. The summed E-state index contributed by atoms with van der Waals surface area (Å²) < 4.78 is 0. The van der Waals surface area contributed by atoms with Crippen LogP contribution in [0.25, 0.3) is 0 Å². The molecule has 2 saturated heterocycles. The van der Waals surface area contributed by atoms with Gasteiger partial charge in [-0.15, -0.1) is 0 Å². The molecule has 0 aromatic heterocycles. The van der Waals surface area contributed by atoms with E-state index in [1.165, 1.54) is 6.42 Å². The van der Waals surface area contributed by atoms with Gasteiger partial charge in [0.2, 0.25) is 5.91 Å². The quantitative estimate of drug-likeness (QED) is 0.624. The third-order valence-corrected chi connectivity index (χ3v) is 3.32. The molecule has 4 nitrogen and oxygen atoms in total. The Bertz CT molecular complexity index is 231. The second kappa shape index (κ2) is 3.87. The molecule has 2 rings (SSSR count). The van der Waals surface area contributed by atoms with Crippen LogP contribution in [0.2, 0.25) is 0 Å². The van der Waals surface area contributed by atoms with Crippen molar-refractivity contribution in [2.24, 2.45) is 5.73 Å². The monoisotopic (exact) mass is 197 g/mol. The lowest BCUT2D eigenvalue weighted by molar-refractivity contribution is -0.131. The number of likely N-dealkylation sites (tertiary alicyclic amines) is 2. The molecule has 0 bridgehead atoms. The predicted molar refractivity (Wildman–Crippen MR) is 54.8 cm³/mol. The van der Waals surface area contributed by atoms with E-state index in [0.717, 1.165) is 32.5 Å². The van der Waals surface area contributed by atoms with Crippen LogP contribution in [0.15, 0.2) is 0 Å². The van der Waals surface area contributed by atoms with Gasteiger partial charge in [0, 0.05) is 19.1 Å². The molecule has 2 heterocycles. The maximum atomic E-state index is 11.7. The molecule has 0 spiro atoms. The number of rotatable bonds is 1. The van der Waals surface area contributed by atoms with Gasteiger partial charge in [0.25, 0.3) is 0 Å². The average Bonchev–Trinajstić information content (AvgIpc) is 2.48. The molecule has 2 unspecified atom stereocenters. The van der Waals surface area contributed by atoms with Crippen molar-refractivity contribution in [1.29, 1.82) is 0 Å². The molecule has 0 aromatic carbocycles. The van der Waals surface area contributed by atoms with E-state index in [9.17, 15) is 4.79 Å². The molecule has 4 heteroatoms. The minimum Gasteiger partial charge on any atom is -0.337 e. The first-order valence-electron chi connectivity index (χ1n) is 5.43. The van der Waals surface area contributed by atoms with Crippen molar-refractivity contribution in [3.05, 3.63) is 0 Å². The number of nitrogens with two attached hydrogens (primary N) is 1. The van der Waals surface area contributed by atoms with Gasteiger partial charge in [-0.1, -0.05) is 0 Å². The van der Waals surface area contributed by atoms with E-state index < -0.39 is 0 Å². The third-order valence-electron chi connectivity index (χ3n) is 3.32. The summed E-state index contributed by atoms with van der Waals surface area (Å²) in [6, 6.07) is 0.178. The molecule has 2 aliphatic heterocycles. The molecule has 0 saturated carbocycles. The van der Waals surface area contributed by atoms with Gasteiger partial charge in [0.05, 0.1) is 6.04 Å². The van der Waals surface area contributed by atoms with Crippen molar-refractivity contribution in [3.63, 3.8) is 0 Å². The van der Waals surface area contributed by atoms with E-state index in [1.54, 1.807) is 0 Å². The van der Waals surface area contributed by atoms with Gasteiger partial charge in [-0.25, -0.2) is 0 Å². The summed E-state index contributed by atoms with van der Waals surface area (Å²) >= 11 is 0. The number of hydrogen-bond acceptors (Lipinski definition) is 3. The summed E-state index contributed by atoms with van der Waals surface area (Å²) in [5.74, 6) is 0.158. The molecule has 2 aliphatic rings. The van der Waals surface area contributed by atoms with Gasteiger partial charge in [0.1, 0.15) is 0 Å². The first kappa shape index (κ1) is 9.93. The molecule has 14 heavy (non-hydrogen) atoms. The summed E-state index contributed by atoms with van der Waals surface area (Å²) in [6.07, 6.45) is 3.17. The highest BCUT2D eigenvalue weighted by Crippen LogP contribution is 2.20. The van der Waals surface area contributed by atoms with Crippen LogP contribution in [0.1, 0.15) is 19.3 Å². The zero-order valence-corrected chi connectivity index (χ0v) is 8.78. The lowest BCUT2D eigenvalue weighted by Crippen LogP contribution is -2.48. The first-order valence-corrected chi connectivity index (χ1v) is 5.43. The number of piperidine rings is 1. The molecule has 0 aromatic rings. The maximum Gasteiger partial charge on any atom is 0.239 e. The topological polar surface area (TPSA) is 49.6 Å². The van der Waals surface area contributed by atoms with Crippen molar-refractivity contribution in [2.75, 3.05) is 26.7 Å². The lowest BCUT2D eigenvalue weighted by atomic mass is 10.1. The molecule has 0 aliphatic carbocycles. The molecule has 2 atom stereocenters. The molecular weight excluding hydrogens is 178 g/mol. The Kier molecular flexibility index (Phi) is 2.74. The maximum absolute atomic E-state index is 11.7. The van der Waals surface area contributed by atoms with E-state index in [-0.39, 0.29) is 11.9 Å². The number of carbonyl (C=O) groups excluding carboxylic acids is 1. The number of carbonyl (C=O) groups is 1. The average molecular weight is 197 g/mol. The molecule has 1 amide bonds. The van der Waals surface area contributed by atoms with Crippen LogP contribution < -0.4 is 5.73 Å². The van der Waals surface area contributed by atoms with Gasteiger partial charge in [-0.05, 0) is 32.9 Å². The van der Waals surface area contributed by atoms with Crippen LogP contribution in [0.3, 0.4) is 0 Å². The smallest absolute Gasteiger partial charge is 0.239 e. The van der Waals surface area contributed by atoms with Crippen LogP contribution in [0.4, 0.5) is 0 Å². The zero-order valence-electron chi connectivity index (χ0n) is 8.78. The van der Waals surface area contributed by atoms with E-state index in [0.29, 0.717) is 6.04 Å². The Hall–Kier alpha value is -0.610. The number of nitrogens with zero attached hydrogens (tertiary/aromatic N) is 2. The van der Waals surface area contributed by atoms with Crippen LogP contribution >= 0.6 is 0 Å². The van der Waals surface area contributed by atoms with Crippen LogP contribution in [0.5, 0.6) is 0 Å². The highest BCUT2D eigenvalue weighted by molar-refractivity contribution is 5.84. The predicted octanol–water partition coefficient (Wildman–Crippen LogP) is -0.360. The van der Waals surface area contributed by atoms with Crippen molar-refractivity contribution in [1.82, 2.24) is 9.80 Å². The first-order chi connectivity index (χ1) is 6.68. The third kappa shape index (κ3) is 1.77. The van der Waals surface area contributed by atoms with E-state index >= 15 is 0 Å². The van der Waals surface area contributed by atoms with Crippen molar-refractivity contribution in [3.8, 4) is 0 Å². The van der Waals surface area contributed by atoms with Crippen molar-refractivity contribution in [2.45, 2.75) is 31.3 Å². The Morgan fingerprint density at radius 1 is 1.36 bits per heavy atom. The molecule has 2 N–H and O–H groups in total. The van der Waals surface area contributed by atoms with Gasteiger partial charge in [-0.3, -0.25) is 4.79 Å². The van der Waals surface area contributed by atoms with Gasteiger partial charge in [-0.2, -0.15) is 0 Å². The van der Waals surface area contributed by atoms with Gasteiger partial charge >= 0.3 is 0 Å². The fourth-order valence-electron chi connectivity index (χ4n) is 2.48. The summed E-state index contributed by atoms with van der Waals surface area (Å²) in [5.41, 5.74) is 5.71. The van der Waals surface area contributed by atoms with Gasteiger partial charge in [0.15, 0.2) is 0 Å². The summed E-state index contributed by atoms with van der Waals surface area (Å²) in [6.45, 7) is 3.03. The number of amides is 1. The van der Waals surface area contributed by atoms with Crippen molar-refractivity contribution < 1.29 is 4.79 Å². The van der Waals surface area contributed by atoms with Crippen LogP contribution in [0, 0.1) is 0 Å². The fraction of sp³-hybridized carbons (Fsp3) is 0.900. The second-order valence-electron chi connectivity index (χ2n) is 4.49. The highest BCUT2D eigenvalue weighted by atomic mass is 16.2. The highest BCUT2D eigenvalue weighted by Gasteiger charge is 2.34. The molecule has 80 valence electrons. The summed E-state index contributed by atoms with van der Waals surface area (Å²) in [4.78, 5) is 16.0. The molecular formula is C10H19N3O. The van der Waals surface area contributed by atoms with Crippen LogP contribution in [-0.4, -0.2) is 54.5 Å². The zero-order chi connectivity index (χ0) is 10.1. The summed E-state index contributed by atoms with van der Waals surface area (Å²) in [5, 5.41) is 0. The molecule has 2 fully saturated rings. The standard InChI is InChI=1S/C10H19N3O/c1-12-5-2-3-8(7-12)13-6-4-9(11)10(13)14/h8-9H,2-7,11H2,1H3. The minimum absolute atomic E-state index is 0.158. The van der Waals surface area contributed by atoms with E-state index in [1.807, 2.05) is 4.90 Å². The number of likely N-dealkylation sites (N-methyl/N-ethyl adjacent to an activating group) is 1. The van der Waals surface area contributed by atoms with E-state index in [2.05, 4.69) is 11.9 Å². The van der Waals surface area contributed by atoms with Crippen molar-refractivity contribution >= 4 is 5.91 Å².